The molecule has 0 radical (unpaired) electrons. The molecule has 7 nitrogen and oxygen atoms in total. The molecule has 0 aliphatic rings. The van der Waals surface area contributed by atoms with E-state index < -0.39 is 0 Å². The number of carbonyl (C=O) groups is 1. The van der Waals surface area contributed by atoms with Gasteiger partial charge in [0.15, 0.2) is 5.82 Å². The van der Waals surface area contributed by atoms with Gasteiger partial charge in [-0.3, -0.25) is 0 Å². The zero-order valence-corrected chi connectivity index (χ0v) is 13.9. The van der Waals surface area contributed by atoms with Gasteiger partial charge in [-0.25, -0.2) is 4.79 Å². The average Bonchev–Trinajstić information content (AvgIpc) is 2.92. The molecule has 1 aromatic carbocycles. The second kappa shape index (κ2) is 7.62. The molecule has 0 unspecified atom stereocenters. The first-order valence-electron chi connectivity index (χ1n) is 7.59. The third kappa shape index (κ3) is 4.98. The van der Waals surface area contributed by atoms with E-state index in [-0.39, 0.29) is 18.2 Å². The van der Waals surface area contributed by atoms with Gasteiger partial charge in [0.25, 0.3) is 0 Å². The van der Waals surface area contributed by atoms with Crippen LogP contribution in [0.2, 0.25) is 0 Å². The number of aromatic nitrogens is 3. The normalized spacial score (nSPS) is 12.0. The molecule has 0 saturated carbocycles. The summed E-state index contributed by atoms with van der Waals surface area (Å²) in [5, 5.41) is 13.4. The van der Waals surface area contributed by atoms with Gasteiger partial charge >= 0.3 is 6.03 Å². The van der Waals surface area contributed by atoms with Crippen LogP contribution in [0.4, 0.5) is 4.79 Å². The van der Waals surface area contributed by atoms with Crippen LogP contribution in [-0.2, 0) is 13.6 Å². The summed E-state index contributed by atoms with van der Waals surface area (Å²) in [6, 6.07) is 7.20. The lowest BCUT2D eigenvalue weighted by Gasteiger charge is -2.14. The van der Waals surface area contributed by atoms with Gasteiger partial charge in [0.05, 0.1) is 12.1 Å². The summed E-state index contributed by atoms with van der Waals surface area (Å²) in [6.07, 6.45) is 1.75. The number of amides is 2. The minimum atomic E-state index is -0.247. The number of nitrogens with one attached hydrogen (secondary N) is 2. The van der Waals surface area contributed by atoms with Crippen molar-refractivity contribution in [3.8, 4) is 5.75 Å². The van der Waals surface area contributed by atoms with Crippen molar-refractivity contribution in [2.75, 3.05) is 0 Å². The van der Waals surface area contributed by atoms with Gasteiger partial charge in [0.2, 0.25) is 0 Å². The summed E-state index contributed by atoms with van der Waals surface area (Å²) < 4.78 is 7.36. The minimum absolute atomic E-state index is 0.145. The first kappa shape index (κ1) is 16.8. The van der Waals surface area contributed by atoms with Crippen LogP contribution in [0.3, 0.4) is 0 Å². The van der Waals surface area contributed by atoms with Gasteiger partial charge in [-0.1, -0.05) is 12.1 Å². The Morgan fingerprint density at radius 1 is 1.26 bits per heavy atom. The van der Waals surface area contributed by atoms with Crippen molar-refractivity contribution >= 4 is 6.03 Å². The summed E-state index contributed by atoms with van der Waals surface area (Å²) in [4.78, 5) is 11.9. The number of benzene rings is 1. The van der Waals surface area contributed by atoms with E-state index in [9.17, 15) is 4.79 Å². The molecule has 1 atom stereocenters. The van der Waals surface area contributed by atoms with E-state index in [0.29, 0.717) is 12.4 Å². The van der Waals surface area contributed by atoms with Crippen molar-refractivity contribution in [2.45, 2.75) is 39.5 Å². The molecule has 1 aromatic heterocycles. The summed E-state index contributed by atoms with van der Waals surface area (Å²) in [5.74, 6) is 1.53. The Morgan fingerprint density at radius 2 is 1.96 bits per heavy atom. The number of aryl methyl sites for hydroxylation is 1. The van der Waals surface area contributed by atoms with Gasteiger partial charge in [-0.2, -0.15) is 0 Å². The molecule has 23 heavy (non-hydrogen) atoms. The van der Waals surface area contributed by atoms with Crippen LogP contribution < -0.4 is 15.4 Å². The molecule has 1 heterocycles. The summed E-state index contributed by atoms with van der Waals surface area (Å²) >= 11 is 0. The average molecular weight is 317 g/mol. The van der Waals surface area contributed by atoms with Gasteiger partial charge in [-0.15, -0.1) is 10.2 Å². The lowest BCUT2D eigenvalue weighted by Crippen LogP contribution is -2.37. The molecule has 2 aromatic rings. The van der Waals surface area contributed by atoms with E-state index in [0.717, 1.165) is 11.3 Å². The highest BCUT2D eigenvalue weighted by molar-refractivity contribution is 5.74. The quantitative estimate of drug-likeness (QED) is 0.855. The molecule has 0 saturated heterocycles. The molecular formula is C16H23N5O2. The number of urea groups is 1. The van der Waals surface area contributed by atoms with Crippen molar-refractivity contribution < 1.29 is 9.53 Å². The fraction of sp³-hybridized carbons (Fsp3) is 0.438. The Labute approximate surface area is 136 Å². The first-order valence-corrected chi connectivity index (χ1v) is 7.59. The van der Waals surface area contributed by atoms with E-state index in [1.54, 1.807) is 10.9 Å². The van der Waals surface area contributed by atoms with E-state index in [1.165, 1.54) is 0 Å². The highest BCUT2D eigenvalue weighted by Gasteiger charge is 2.13. The number of hydrogen-bond donors (Lipinski definition) is 2. The highest BCUT2D eigenvalue weighted by atomic mass is 16.5. The van der Waals surface area contributed by atoms with Crippen LogP contribution in [0.25, 0.3) is 0 Å². The van der Waals surface area contributed by atoms with E-state index in [4.69, 9.17) is 4.74 Å². The highest BCUT2D eigenvalue weighted by Crippen LogP contribution is 2.13. The Hall–Kier alpha value is -2.57. The predicted molar refractivity (Wildman–Crippen MR) is 87.0 cm³/mol. The maximum absolute atomic E-state index is 11.9. The van der Waals surface area contributed by atoms with Crippen LogP contribution >= 0.6 is 0 Å². The summed E-state index contributed by atoms with van der Waals surface area (Å²) in [7, 11) is 1.84. The molecule has 0 fully saturated rings. The van der Waals surface area contributed by atoms with E-state index in [1.807, 2.05) is 52.1 Å². The standard InChI is InChI=1S/C16H23N5O2/c1-11(2)23-14-7-5-13(6-8-14)9-17-16(22)19-12(3)15-20-18-10-21(15)4/h5-8,10-12H,9H2,1-4H3,(H2,17,19,22)/t12-/m0/s1. The van der Waals surface area contributed by atoms with Crippen molar-refractivity contribution in [3.63, 3.8) is 0 Å². The van der Waals surface area contributed by atoms with E-state index >= 15 is 0 Å². The van der Waals surface area contributed by atoms with Crippen LogP contribution in [0.5, 0.6) is 5.75 Å². The Morgan fingerprint density at radius 3 is 2.52 bits per heavy atom. The monoisotopic (exact) mass is 317 g/mol. The van der Waals surface area contributed by atoms with E-state index in [2.05, 4.69) is 20.8 Å². The first-order chi connectivity index (χ1) is 11.0. The number of nitrogens with zero attached hydrogens (tertiary/aromatic N) is 3. The summed E-state index contributed by atoms with van der Waals surface area (Å²) in [5.41, 5.74) is 1.00. The largest absolute Gasteiger partial charge is 0.491 e. The third-order valence-electron chi connectivity index (χ3n) is 3.23. The van der Waals surface area contributed by atoms with Crippen molar-refractivity contribution in [1.29, 1.82) is 0 Å². The molecule has 2 N–H and O–H groups in total. The second-order valence-corrected chi connectivity index (χ2v) is 5.66. The van der Waals surface area contributed by atoms with Crippen LogP contribution in [0.15, 0.2) is 30.6 Å². The lowest BCUT2D eigenvalue weighted by atomic mass is 10.2. The maximum Gasteiger partial charge on any atom is 0.315 e. The Bertz CT molecular complexity index is 636. The second-order valence-electron chi connectivity index (χ2n) is 5.66. The van der Waals surface area contributed by atoms with Crippen molar-refractivity contribution in [3.05, 3.63) is 42.0 Å². The molecule has 0 bridgehead atoms. The maximum atomic E-state index is 11.9. The topological polar surface area (TPSA) is 81.1 Å². The Balaban J connectivity index is 1.81. The molecule has 7 heteroatoms. The SMILES string of the molecule is CC(C)Oc1ccc(CNC(=O)N[C@@H](C)c2nncn2C)cc1. The molecular weight excluding hydrogens is 294 g/mol. The summed E-state index contributed by atoms with van der Waals surface area (Å²) in [6.45, 7) is 6.27. The molecule has 0 aliphatic heterocycles. The van der Waals surface area contributed by atoms with Gasteiger partial charge in [0.1, 0.15) is 12.1 Å². The molecule has 2 amide bonds. The lowest BCUT2D eigenvalue weighted by molar-refractivity contribution is 0.237. The smallest absolute Gasteiger partial charge is 0.315 e. The van der Waals surface area contributed by atoms with Gasteiger partial charge in [0, 0.05) is 13.6 Å². The minimum Gasteiger partial charge on any atom is -0.491 e. The molecule has 124 valence electrons. The van der Waals surface area contributed by atoms with Crippen LogP contribution in [-0.4, -0.2) is 26.9 Å². The number of hydrogen-bond acceptors (Lipinski definition) is 4. The van der Waals surface area contributed by atoms with Crippen molar-refractivity contribution in [1.82, 2.24) is 25.4 Å². The molecule has 0 aliphatic carbocycles. The van der Waals surface area contributed by atoms with Crippen LogP contribution in [0.1, 0.15) is 38.2 Å². The number of carbonyl (C=O) groups excluding carboxylic acids is 1. The van der Waals surface area contributed by atoms with Crippen molar-refractivity contribution in [2.24, 2.45) is 7.05 Å². The fourth-order valence-electron chi connectivity index (χ4n) is 2.14. The zero-order valence-electron chi connectivity index (χ0n) is 13.9. The number of ether oxygens (including phenoxy) is 1. The predicted octanol–water partition coefficient (Wildman–Crippen LogP) is 2.16. The molecule has 2 rings (SSSR count). The van der Waals surface area contributed by atoms with Gasteiger partial charge < -0.3 is 19.9 Å². The third-order valence-corrected chi connectivity index (χ3v) is 3.23. The Kier molecular flexibility index (Phi) is 5.56. The number of rotatable bonds is 6. The molecule has 0 spiro atoms. The zero-order chi connectivity index (χ0) is 16.8. The van der Waals surface area contributed by atoms with Crippen LogP contribution in [0, 0.1) is 0 Å². The van der Waals surface area contributed by atoms with Gasteiger partial charge in [-0.05, 0) is 38.5 Å². The fourth-order valence-corrected chi connectivity index (χ4v) is 2.14.